The first-order valence-corrected chi connectivity index (χ1v) is 5.92. The number of aryl methyl sites for hydroxylation is 1. The molecule has 0 amide bonds. The van der Waals surface area contributed by atoms with Gasteiger partial charge in [0.1, 0.15) is 12.0 Å². The van der Waals surface area contributed by atoms with E-state index in [9.17, 15) is 4.79 Å². The molecule has 3 rings (SSSR count). The Morgan fingerprint density at radius 1 is 1.35 bits per heavy atom. The summed E-state index contributed by atoms with van der Waals surface area (Å²) in [6.45, 7) is 0. The Morgan fingerprint density at radius 2 is 2.20 bits per heavy atom. The van der Waals surface area contributed by atoms with E-state index >= 15 is 0 Å². The van der Waals surface area contributed by atoms with E-state index in [4.69, 9.17) is 9.84 Å². The van der Waals surface area contributed by atoms with Gasteiger partial charge in [-0.25, -0.2) is 14.8 Å². The molecule has 1 aromatic carbocycles. The van der Waals surface area contributed by atoms with Crippen LogP contribution >= 0.6 is 0 Å². The molecule has 0 saturated heterocycles. The standard InChI is InChI=1S/C14H11N3O3/c1-17-10(14(18)19)7-9-3-2-4-11(13(9)17)20-12-5-6-15-8-16-12/h2-8H,1H3,(H,18,19). The van der Waals surface area contributed by atoms with E-state index in [2.05, 4.69) is 9.97 Å². The number of aromatic carboxylic acids is 1. The maximum Gasteiger partial charge on any atom is 0.352 e. The van der Waals surface area contributed by atoms with Crippen LogP contribution in [-0.4, -0.2) is 25.6 Å². The van der Waals surface area contributed by atoms with Crippen molar-refractivity contribution in [1.82, 2.24) is 14.5 Å². The van der Waals surface area contributed by atoms with Crippen molar-refractivity contribution in [2.45, 2.75) is 0 Å². The summed E-state index contributed by atoms with van der Waals surface area (Å²) in [5.41, 5.74) is 0.919. The van der Waals surface area contributed by atoms with Crippen LogP contribution in [0.5, 0.6) is 11.6 Å². The van der Waals surface area contributed by atoms with Crippen molar-refractivity contribution in [2.75, 3.05) is 0 Å². The highest BCUT2D eigenvalue weighted by Gasteiger charge is 2.15. The first-order valence-electron chi connectivity index (χ1n) is 5.92. The van der Waals surface area contributed by atoms with Crippen LogP contribution in [0.25, 0.3) is 10.9 Å². The number of carboxylic acid groups (broad SMARTS) is 1. The smallest absolute Gasteiger partial charge is 0.352 e. The lowest BCUT2D eigenvalue weighted by molar-refractivity contribution is 0.0687. The molecular formula is C14H11N3O3. The average molecular weight is 269 g/mol. The number of hydrogen-bond donors (Lipinski definition) is 1. The van der Waals surface area contributed by atoms with Gasteiger partial charge >= 0.3 is 5.97 Å². The maximum atomic E-state index is 11.2. The number of carboxylic acids is 1. The predicted molar refractivity (Wildman–Crippen MR) is 72.0 cm³/mol. The highest BCUT2D eigenvalue weighted by Crippen LogP contribution is 2.30. The molecule has 6 nitrogen and oxygen atoms in total. The number of carbonyl (C=O) groups is 1. The second-order valence-corrected chi connectivity index (χ2v) is 4.24. The second-order valence-electron chi connectivity index (χ2n) is 4.24. The van der Waals surface area contributed by atoms with E-state index in [-0.39, 0.29) is 5.69 Å². The summed E-state index contributed by atoms with van der Waals surface area (Å²) in [5.74, 6) is -0.0153. The maximum absolute atomic E-state index is 11.2. The van der Waals surface area contributed by atoms with Crippen molar-refractivity contribution >= 4 is 16.9 Å². The molecule has 0 saturated carbocycles. The van der Waals surface area contributed by atoms with Gasteiger partial charge in [-0.2, -0.15) is 0 Å². The lowest BCUT2D eigenvalue weighted by Crippen LogP contribution is -2.04. The van der Waals surface area contributed by atoms with Gasteiger partial charge in [-0.15, -0.1) is 0 Å². The number of nitrogens with zero attached hydrogens (tertiary/aromatic N) is 3. The van der Waals surface area contributed by atoms with Gasteiger partial charge in [0.2, 0.25) is 5.88 Å². The van der Waals surface area contributed by atoms with Gasteiger partial charge < -0.3 is 14.4 Å². The van der Waals surface area contributed by atoms with Crippen LogP contribution in [-0.2, 0) is 7.05 Å². The molecule has 0 aliphatic carbocycles. The van der Waals surface area contributed by atoms with Crippen LogP contribution in [0.15, 0.2) is 42.9 Å². The molecule has 100 valence electrons. The minimum absolute atomic E-state index is 0.207. The molecule has 20 heavy (non-hydrogen) atoms. The van der Waals surface area contributed by atoms with Crippen molar-refractivity contribution in [3.8, 4) is 11.6 Å². The Kier molecular flexibility index (Phi) is 2.83. The summed E-state index contributed by atoms with van der Waals surface area (Å²) in [4.78, 5) is 19.0. The first kappa shape index (κ1) is 12.2. The number of hydrogen-bond acceptors (Lipinski definition) is 4. The number of fused-ring (bicyclic) bond motifs is 1. The quantitative estimate of drug-likeness (QED) is 0.790. The van der Waals surface area contributed by atoms with Crippen molar-refractivity contribution in [3.05, 3.63) is 48.5 Å². The van der Waals surface area contributed by atoms with E-state index in [0.717, 1.165) is 5.39 Å². The third kappa shape index (κ3) is 1.97. The van der Waals surface area contributed by atoms with Crippen LogP contribution < -0.4 is 4.74 Å². The number of ether oxygens (including phenoxy) is 1. The highest BCUT2D eigenvalue weighted by atomic mass is 16.5. The fourth-order valence-electron chi connectivity index (χ4n) is 2.12. The van der Waals surface area contributed by atoms with Crippen LogP contribution in [0.2, 0.25) is 0 Å². The zero-order valence-electron chi connectivity index (χ0n) is 10.6. The number of benzene rings is 1. The number of aromatic nitrogens is 3. The molecule has 0 aliphatic heterocycles. The van der Waals surface area contributed by atoms with Gasteiger partial charge in [-0.3, -0.25) is 0 Å². The van der Waals surface area contributed by atoms with Gasteiger partial charge in [0, 0.05) is 24.7 Å². The topological polar surface area (TPSA) is 77.2 Å². The van der Waals surface area contributed by atoms with Crippen LogP contribution in [0.1, 0.15) is 10.5 Å². The minimum Gasteiger partial charge on any atom is -0.477 e. The summed E-state index contributed by atoms with van der Waals surface area (Å²) in [6.07, 6.45) is 2.97. The van der Waals surface area contributed by atoms with Crippen molar-refractivity contribution < 1.29 is 14.6 Å². The van der Waals surface area contributed by atoms with Crippen LogP contribution in [0.3, 0.4) is 0 Å². The highest BCUT2D eigenvalue weighted by molar-refractivity contribution is 5.96. The summed E-state index contributed by atoms with van der Waals surface area (Å²) in [5, 5.41) is 9.97. The summed E-state index contributed by atoms with van der Waals surface area (Å²) < 4.78 is 7.29. The molecular weight excluding hydrogens is 258 g/mol. The van der Waals surface area contributed by atoms with E-state index in [1.807, 2.05) is 12.1 Å². The van der Waals surface area contributed by atoms with Crippen molar-refractivity contribution in [2.24, 2.45) is 7.05 Å². The summed E-state index contributed by atoms with van der Waals surface area (Å²) in [7, 11) is 1.69. The van der Waals surface area contributed by atoms with E-state index < -0.39 is 5.97 Å². The van der Waals surface area contributed by atoms with E-state index in [1.165, 1.54) is 6.33 Å². The molecule has 2 aromatic heterocycles. The van der Waals surface area contributed by atoms with Gasteiger partial charge in [0.25, 0.3) is 0 Å². The van der Waals surface area contributed by atoms with Crippen molar-refractivity contribution in [3.63, 3.8) is 0 Å². The molecule has 0 fully saturated rings. The van der Waals surface area contributed by atoms with Crippen molar-refractivity contribution in [1.29, 1.82) is 0 Å². The average Bonchev–Trinajstić information content (AvgIpc) is 2.79. The normalized spacial score (nSPS) is 10.7. The molecule has 0 atom stereocenters. The Balaban J connectivity index is 2.14. The monoisotopic (exact) mass is 269 g/mol. The van der Waals surface area contributed by atoms with Gasteiger partial charge in [-0.05, 0) is 12.1 Å². The van der Waals surface area contributed by atoms with Gasteiger partial charge in [0.05, 0.1) is 5.52 Å². The molecule has 1 N–H and O–H groups in total. The summed E-state index contributed by atoms with van der Waals surface area (Å²) >= 11 is 0. The minimum atomic E-state index is -0.975. The third-order valence-corrected chi connectivity index (χ3v) is 3.01. The van der Waals surface area contributed by atoms with Crippen LogP contribution in [0, 0.1) is 0 Å². The Bertz CT molecular complexity index is 781. The molecule has 2 heterocycles. The lowest BCUT2D eigenvalue weighted by Gasteiger charge is -2.08. The Labute approximate surface area is 114 Å². The van der Waals surface area contributed by atoms with E-state index in [0.29, 0.717) is 17.1 Å². The second kappa shape index (κ2) is 4.65. The molecule has 0 radical (unpaired) electrons. The summed E-state index contributed by atoms with van der Waals surface area (Å²) in [6, 6.07) is 8.68. The molecule has 3 aromatic rings. The predicted octanol–water partition coefficient (Wildman–Crippen LogP) is 2.46. The Hall–Kier alpha value is -2.89. The molecule has 0 unspecified atom stereocenters. The third-order valence-electron chi connectivity index (χ3n) is 3.01. The fourth-order valence-corrected chi connectivity index (χ4v) is 2.12. The number of rotatable bonds is 3. The Morgan fingerprint density at radius 3 is 2.90 bits per heavy atom. The zero-order valence-corrected chi connectivity index (χ0v) is 10.6. The SMILES string of the molecule is Cn1c(C(=O)O)cc2cccc(Oc3ccncn3)c21. The molecule has 0 bridgehead atoms. The van der Waals surface area contributed by atoms with Crippen LogP contribution in [0.4, 0.5) is 0 Å². The zero-order chi connectivity index (χ0) is 14.1. The largest absolute Gasteiger partial charge is 0.477 e. The fraction of sp³-hybridized carbons (Fsp3) is 0.0714. The first-order chi connectivity index (χ1) is 9.66. The lowest BCUT2D eigenvalue weighted by atomic mass is 10.2. The molecule has 0 spiro atoms. The van der Waals surface area contributed by atoms with E-state index in [1.54, 1.807) is 36.0 Å². The number of para-hydroxylation sites is 1. The van der Waals surface area contributed by atoms with Gasteiger partial charge in [-0.1, -0.05) is 12.1 Å². The molecule has 0 aliphatic rings. The van der Waals surface area contributed by atoms with Gasteiger partial charge in [0.15, 0.2) is 5.75 Å². The molecule has 6 heteroatoms.